The van der Waals surface area contributed by atoms with E-state index in [1.807, 2.05) is 13.8 Å². The second-order valence-electron chi connectivity index (χ2n) is 7.81. The van der Waals surface area contributed by atoms with E-state index in [1.165, 1.54) is 17.2 Å². The predicted octanol–water partition coefficient (Wildman–Crippen LogP) is 5.10. The van der Waals surface area contributed by atoms with Crippen molar-refractivity contribution in [2.24, 2.45) is 0 Å². The monoisotopic (exact) mass is 407 g/mol. The van der Waals surface area contributed by atoms with Crippen LogP contribution in [0.25, 0.3) is 6.08 Å². The highest BCUT2D eigenvalue weighted by Crippen LogP contribution is 2.47. The van der Waals surface area contributed by atoms with Gasteiger partial charge in [-0.1, -0.05) is 38.1 Å². The normalized spacial score (nSPS) is 15.2. The van der Waals surface area contributed by atoms with Crippen LogP contribution in [0.15, 0.2) is 30.3 Å². The van der Waals surface area contributed by atoms with Gasteiger partial charge in [-0.05, 0) is 55.0 Å². The van der Waals surface area contributed by atoms with Crippen molar-refractivity contribution in [2.45, 2.75) is 46.5 Å². The first kappa shape index (κ1) is 21.6. The summed E-state index contributed by atoms with van der Waals surface area (Å²) in [6.07, 6.45) is 3.80. The van der Waals surface area contributed by atoms with Crippen LogP contribution in [-0.2, 0) is 14.3 Å². The lowest BCUT2D eigenvalue weighted by molar-refractivity contribution is -0.137. The number of nitrogens with one attached hydrogen (secondary N) is 1. The molecular weight excluding hydrogens is 378 g/mol. The minimum absolute atomic E-state index is 0.0590. The lowest BCUT2D eigenvalue weighted by Gasteiger charge is -2.19. The highest BCUT2D eigenvalue weighted by atomic mass is 16.5. The molecule has 30 heavy (non-hydrogen) atoms. The van der Waals surface area contributed by atoms with Crippen molar-refractivity contribution in [1.82, 2.24) is 0 Å². The highest BCUT2D eigenvalue weighted by Gasteiger charge is 2.32. The van der Waals surface area contributed by atoms with Crippen LogP contribution in [-0.4, -0.2) is 25.6 Å². The third kappa shape index (κ3) is 4.11. The molecule has 0 saturated carbocycles. The number of anilines is 1. The van der Waals surface area contributed by atoms with Crippen LogP contribution < -0.4 is 10.1 Å². The molecule has 158 valence electrons. The number of ether oxygens (including phenoxy) is 2. The Hall–Kier alpha value is -3.08. The van der Waals surface area contributed by atoms with Gasteiger partial charge in [-0.3, -0.25) is 4.79 Å². The number of rotatable bonds is 7. The maximum atomic E-state index is 11.9. The summed E-state index contributed by atoms with van der Waals surface area (Å²) < 4.78 is 11.1. The molecule has 1 amide bonds. The molecule has 1 atom stereocenters. The SMILES string of the molecule is CCOC(=O)C=Cc1c(C)c(NC=O)c(C)c2c1OCC2c1ccc(C(C)C)cc1. The van der Waals surface area contributed by atoms with Crippen molar-refractivity contribution < 1.29 is 19.1 Å². The van der Waals surface area contributed by atoms with E-state index < -0.39 is 5.97 Å². The molecule has 1 unspecified atom stereocenters. The average molecular weight is 408 g/mol. The van der Waals surface area contributed by atoms with Crippen LogP contribution in [0.3, 0.4) is 0 Å². The first-order valence-corrected chi connectivity index (χ1v) is 10.3. The van der Waals surface area contributed by atoms with Gasteiger partial charge in [0.15, 0.2) is 0 Å². The lowest BCUT2D eigenvalue weighted by atomic mass is 9.85. The van der Waals surface area contributed by atoms with Gasteiger partial charge < -0.3 is 14.8 Å². The largest absolute Gasteiger partial charge is 0.492 e. The maximum absolute atomic E-state index is 11.9. The summed E-state index contributed by atoms with van der Waals surface area (Å²) in [5, 5.41) is 2.84. The van der Waals surface area contributed by atoms with Gasteiger partial charge in [0.2, 0.25) is 6.41 Å². The van der Waals surface area contributed by atoms with Gasteiger partial charge >= 0.3 is 5.97 Å². The Morgan fingerprint density at radius 3 is 2.53 bits per heavy atom. The van der Waals surface area contributed by atoms with E-state index in [0.717, 1.165) is 33.7 Å². The Kier molecular flexibility index (Phi) is 6.60. The number of fused-ring (bicyclic) bond motifs is 1. The number of amides is 1. The minimum Gasteiger partial charge on any atom is -0.492 e. The second-order valence-corrected chi connectivity index (χ2v) is 7.81. The smallest absolute Gasteiger partial charge is 0.330 e. The van der Waals surface area contributed by atoms with Crippen molar-refractivity contribution in [3.05, 3.63) is 63.7 Å². The molecule has 1 aliphatic rings. The fourth-order valence-electron chi connectivity index (χ4n) is 4.06. The third-order valence-electron chi connectivity index (χ3n) is 5.67. The molecule has 0 spiro atoms. The summed E-state index contributed by atoms with van der Waals surface area (Å²) in [6, 6.07) is 8.62. The van der Waals surface area contributed by atoms with Crippen LogP contribution in [0, 0.1) is 13.8 Å². The summed E-state index contributed by atoms with van der Waals surface area (Å²) in [7, 11) is 0. The molecule has 5 heteroatoms. The van der Waals surface area contributed by atoms with Crippen molar-refractivity contribution in [1.29, 1.82) is 0 Å². The van der Waals surface area contributed by atoms with Crippen LogP contribution in [0.1, 0.15) is 66.0 Å². The zero-order valence-corrected chi connectivity index (χ0v) is 18.2. The van der Waals surface area contributed by atoms with E-state index in [-0.39, 0.29) is 5.92 Å². The molecular formula is C25H29NO4. The van der Waals surface area contributed by atoms with E-state index in [2.05, 4.69) is 43.4 Å². The Morgan fingerprint density at radius 2 is 1.93 bits per heavy atom. The summed E-state index contributed by atoms with van der Waals surface area (Å²) >= 11 is 0. The van der Waals surface area contributed by atoms with Crippen molar-refractivity contribution in [3.8, 4) is 5.75 Å². The van der Waals surface area contributed by atoms with Crippen molar-refractivity contribution >= 4 is 24.1 Å². The molecule has 0 fully saturated rings. The molecule has 0 bridgehead atoms. The molecule has 0 saturated heterocycles. The summed E-state index contributed by atoms with van der Waals surface area (Å²) in [4.78, 5) is 23.1. The first-order chi connectivity index (χ1) is 14.4. The first-order valence-electron chi connectivity index (χ1n) is 10.3. The van der Waals surface area contributed by atoms with E-state index in [0.29, 0.717) is 25.5 Å². The number of carbonyl (C=O) groups excluding carboxylic acids is 2. The minimum atomic E-state index is -0.407. The van der Waals surface area contributed by atoms with E-state index in [1.54, 1.807) is 13.0 Å². The van der Waals surface area contributed by atoms with Crippen LogP contribution in [0.4, 0.5) is 5.69 Å². The molecule has 1 aliphatic heterocycles. The third-order valence-corrected chi connectivity index (χ3v) is 5.67. The number of benzene rings is 2. The van der Waals surface area contributed by atoms with Crippen molar-refractivity contribution in [2.75, 3.05) is 18.5 Å². The van der Waals surface area contributed by atoms with E-state index in [9.17, 15) is 9.59 Å². The molecule has 1 heterocycles. The maximum Gasteiger partial charge on any atom is 0.330 e. The molecule has 1 N–H and O–H groups in total. The molecule has 2 aromatic carbocycles. The Morgan fingerprint density at radius 1 is 1.23 bits per heavy atom. The fourth-order valence-corrected chi connectivity index (χ4v) is 4.06. The number of carbonyl (C=O) groups is 2. The molecule has 0 aliphatic carbocycles. The zero-order valence-electron chi connectivity index (χ0n) is 18.2. The molecule has 0 radical (unpaired) electrons. The summed E-state index contributed by atoms with van der Waals surface area (Å²) in [5.41, 5.74) is 6.89. The lowest BCUT2D eigenvalue weighted by Crippen LogP contribution is -2.07. The van der Waals surface area contributed by atoms with Crippen LogP contribution in [0.2, 0.25) is 0 Å². The number of hydrogen-bond acceptors (Lipinski definition) is 4. The number of esters is 1. The van der Waals surface area contributed by atoms with Gasteiger partial charge in [0.1, 0.15) is 5.75 Å². The van der Waals surface area contributed by atoms with E-state index in [4.69, 9.17) is 9.47 Å². The predicted molar refractivity (Wildman–Crippen MR) is 119 cm³/mol. The second kappa shape index (κ2) is 9.16. The Bertz CT molecular complexity index is 974. The van der Waals surface area contributed by atoms with Gasteiger partial charge in [-0.2, -0.15) is 0 Å². The van der Waals surface area contributed by atoms with Crippen molar-refractivity contribution in [3.63, 3.8) is 0 Å². The standard InChI is InChI=1S/C25H29NO4/c1-6-29-22(28)12-11-20-16(4)24(26-14-27)17(5)23-21(13-30-25(20)23)19-9-7-18(8-10-19)15(2)3/h7-12,14-15,21H,6,13H2,1-5H3,(H,26,27). The molecule has 3 rings (SSSR count). The summed E-state index contributed by atoms with van der Waals surface area (Å²) in [6.45, 7) is 10.9. The van der Waals surface area contributed by atoms with Gasteiger partial charge in [-0.25, -0.2) is 4.79 Å². The zero-order chi connectivity index (χ0) is 21.8. The Labute approximate surface area is 178 Å². The Balaban J connectivity index is 2.11. The quantitative estimate of drug-likeness (QED) is 0.394. The average Bonchev–Trinajstić information content (AvgIpc) is 3.16. The highest BCUT2D eigenvalue weighted by molar-refractivity contribution is 5.90. The fraction of sp³-hybridized carbons (Fsp3) is 0.360. The number of hydrogen-bond donors (Lipinski definition) is 1. The van der Waals surface area contributed by atoms with Crippen LogP contribution >= 0.6 is 0 Å². The van der Waals surface area contributed by atoms with Gasteiger partial charge in [0, 0.05) is 28.8 Å². The van der Waals surface area contributed by atoms with Gasteiger partial charge in [-0.15, -0.1) is 0 Å². The van der Waals surface area contributed by atoms with Crippen LogP contribution in [0.5, 0.6) is 5.75 Å². The summed E-state index contributed by atoms with van der Waals surface area (Å²) in [5.74, 6) is 0.886. The molecule has 5 nitrogen and oxygen atoms in total. The van der Waals surface area contributed by atoms with E-state index >= 15 is 0 Å². The topological polar surface area (TPSA) is 64.6 Å². The van der Waals surface area contributed by atoms with Gasteiger partial charge in [0.05, 0.1) is 13.2 Å². The molecule has 2 aromatic rings. The van der Waals surface area contributed by atoms with Gasteiger partial charge in [0.25, 0.3) is 0 Å². The molecule has 0 aromatic heterocycles.